The van der Waals surface area contributed by atoms with Crippen molar-refractivity contribution in [2.45, 2.75) is 24.4 Å². The fraction of sp³-hybridized carbons (Fsp3) is 0.294. The van der Waals surface area contributed by atoms with Gasteiger partial charge < -0.3 is 5.32 Å². The van der Waals surface area contributed by atoms with Crippen LogP contribution in [-0.4, -0.2) is 25.1 Å². The zero-order chi connectivity index (χ0) is 18.9. The molecule has 1 atom stereocenters. The second kappa shape index (κ2) is 6.71. The lowest BCUT2D eigenvalue weighted by atomic mass is 10.0. The molecular formula is C17H15F3N2O3S. The molecule has 0 spiro atoms. The molecular weight excluding hydrogens is 369 g/mol. The summed E-state index contributed by atoms with van der Waals surface area (Å²) in [5.41, 5.74) is 0.651. The van der Waals surface area contributed by atoms with Gasteiger partial charge in [-0.3, -0.25) is 9.78 Å². The first-order chi connectivity index (χ1) is 12.1. The minimum atomic E-state index is -4.54. The number of nitrogens with one attached hydrogen (secondary N) is 1. The number of carbonyl (C=O) groups is 1. The fourth-order valence-corrected chi connectivity index (χ4v) is 4.52. The SMILES string of the molecule is O=C(Cc1ccc(C(F)(F)F)nc1)NC1CS(=O)(=O)Cc2ccccc21. The first kappa shape index (κ1) is 18.4. The van der Waals surface area contributed by atoms with Crippen molar-refractivity contribution in [3.05, 3.63) is 65.0 Å². The first-order valence-corrected chi connectivity index (χ1v) is 9.56. The number of rotatable bonds is 3. The zero-order valence-electron chi connectivity index (χ0n) is 13.5. The first-order valence-electron chi connectivity index (χ1n) is 7.74. The van der Waals surface area contributed by atoms with E-state index in [1.165, 1.54) is 6.07 Å². The van der Waals surface area contributed by atoms with Gasteiger partial charge in [-0.25, -0.2) is 8.42 Å². The van der Waals surface area contributed by atoms with E-state index in [1.54, 1.807) is 24.3 Å². The number of carbonyl (C=O) groups excluding carboxylic acids is 1. The van der Waals surface area contributed by atoms with Gasteiger partial charge in [0.05, 0.1) is 24.0 Å². The average molecular weight is 384 g/mol. The highest BCUT2D eigenvalue weighted by Gasteiger charge is 2.32. The third-order valence-electron chi connectivity index (χ3n) is 4.04. The Morgan fingerprint density at radius 1 is 1.19 bits per heavy atom. The Morgan fingerprint density at radius 2 is 1.92 bits per heavy atom. The number of halogens is 3. The molecule has 1 aromatic heterocycles. The molecule has 1 amide bonds. The number of benzene rings is 1. The van der Waals surface area contributed by atoms with Crippen molar-refractivity contribution in [3.8, 4) is 0 Å². The van der Waals surface area contributed by atoms with Gasteiger partial charge in [0.15, 0.2) is 9.84 Å². The molecule has 0 bridgehead atoms. The lowest BCUT2D eigenvalue weighted by Gasteiger charge is -2.26. The Balaban J connectivity index is 1.72. The van der Waals surface area contributed by atoms with Crippen molar-refractivity contribution >= 4 is 15.7 Å². The van der Waals surface area contributed by atoms with Crippen LogP contribution in [0.5, 0.6) is 0 Å². The molecule has 1 aromatic carbocycles. The van der Waals surface area contributed by atoms with E-state index in [-0.39, 0.29) is 17.9 Å². The third kappa shape index (κ3) is 4.21. The number of amides is 1. The van der Waals surface area contributed by atoms with Crippen LogP contribution < -0.4 is 5.32 Å². The Labute approximate surface area is 148 Å². The van der Waals surface area contributed by atoms with Crippen LogP contribution in [0.3, 0.4) is 0 Å². The van der Waals surface area contributed by atoms with Gasteiger partial charge >= 0.3 is 6.18 Å². The van der Waals surface area contributed by atoms with E-state index >= 15 is 0 Å². The van der Waals surface area contributed by atoms with Gasteiger partial charge in [-0.2, -0.15) is 13.2 Å². The maximum Gasteiger partial charge on any atom is 0.433 e. The summed E-state index contributed by atoms with van der Waals surface area (Å²) in [5, 5.41) is 2.66. The van der Waals surface area contributed by atoms with Crippen LogP contribution in [0.25, 0.3) is 0 Å². The molecule has 5 nitrogen and oxygen atoms in total. The van der Waals surface area contributed by atoms with Gasteiger partial charge in [-0.05, 0) is 22.8 Å². The second-order valence-corrected chi connectivity index (χ2v) is 8.21. The molecule has 3 rings (SSSR count). The summed E-state index contributed by atoms with van der Waals surface area (Å²) in [5.74, 6) is -0.761. The quantitative estimate of drug-likeness (QED) is 0.882. The van der Waals surface area contributed by atoms with E-state index < -0.39 is 33.7 Å². The van der Waals surface area contributed by atoms with E-state index in [0.717, 1.165) is 17.8 Å². The van der Waals surface area contributed by atoms with Gasteiger partial charge in [0, 0.05) is 6.20 Å². The lowest BCUT2D eigenvalue weighted by molar-refractivity contribution is -0.141. The number of sulfone groups is 1. The van der Waals surface area contributed by atoms with Crippen molar-refractivity contribution in [1.29, 1.82) is 0 Å². The van der Waals surface area contributed by atoms with Crippen LogP contribution in [-0.2, 0) is 33.0 Å². The van der Waals surface area contributed by atoms with Crippen molar-refractivity contribution < 1.29 is 26.4 Å². The van der Waals surface area contributed by atoms with Gasteiger partial charge in [0.25, 0.3) is 0 Å². The molecule has 2 heterocycles. The summed E-state index contributed by atoms with van der Waals surface area (Å²) in [6.45, 7) is 0. The van der Waals surface area contributed by atoms with Gasteiger partial charge in [-0.15, -0.1) is 0 Å². The summed E-state index contributed by atoms with van der Waals surface area (Å²) < 4.78 is 61.6. The van der Waals surface area contributed by atoms with Crippen LogP contribution in [0.1, 0.15) is 28.4 Å². The van der Waals surface area contributed by atoms with Crippen molar-refractivity contribution in [2.24, 2.45) is 0 Å². The summed E-state index contributed by atoms with van der Waals surface area (Å²) in [4.78, 5) is 15.5. The Kier molecular flexibility index (Phi) is 4.74. The van der Waals surface area contributed by atoms with Crippen LogP contribution >= 0.6 is 0 Å². The van der Waals surface area contributed by atoms with Gasteiger partial charge in [0.1, 0.15) is 5.69 Å². The summed E-state index contributed by atoms with van der Waals surface area (Å²) >= 11 is 0. The number of fused-ring (bicyclic) bond motifs is 1. The van der Waals surface area contributed by atoms with E-state index in [2.05, 4.69) is 10.3 Å². The molecule has 1 aliphatic heterocycles. The van der Waals surface area contributed by atoms with Crippen LogP contribution in [0.2, 0.25) is 0 Å². The lowest BCUT2D eigenvalue weighted by Crippen LogP contribution is -2.37. The van der Waals surface area contributed by atoms with Crippen LogP contribution in [0.4, 0.5) is 13.2 Å². The fourth-order valence-electron chi connectivity index (χ4n) is 2.89. The number of nitrogens with zero attached hydrogens (tertiary/aromatic N) is 1. The van der Waals surface area contributed by atoms with E-state index in [1.807, 2.05) is 0 Å². The monoisotopic (exact) mass is 384 g/mol. The molecule has 9 heteroatoms. The predicted octanol–water partition coefficient (Wildman–Crippen LogP) is 2.43. The topological polar surface area (TPSA) is 76.1 Å². The number of pyridine rings is 1. The maximum absolute atomic E-state index is 12.5. The van der Waals surface area contributed by atoms with Crippen molar-refractivity contribution in [2.75, 3.05) is 5.75 Å². The summed E-state index contributed by atoms with van der Waals surface area (Å²) in [6, 6.07) is 8.26. The molecule has 0 aliphatic carbocycles. The minimum Gasteiger partial charge on any atom is -0.348 e. The Morgan fingerprint density at radius 3 is 2.58 bits per heavy atom. The molecule has 2 aromatic rings. The molecule has 0 saturated heterocycles. The largest absolute Gasteiger partial charge is 0.433 e. The number of hydrogen-bond donors (Lipinski definition) is 1. The number of aromatic nitrogens is 1. The molecule has 0 fully saturated rings. The normalized spacial score (nSPS) is 18.8. The van der Waals surface area contributed by atoms with Gasteiger partial charge in [-0.1, -0.05) is 30.3 Å². The van der Waals surface area contributed by atoms with E-state index in [0.29, 0.717) is 11.1 Å². The zero-order valence-corrected chi connectivity index (χ0v) is 14.3. The standard InChI is InChI=1S/C17H15F3N2O3S/c18-17(19,20)15-6-5-11(8-21-15)7-16(23)22-14-10-26(24,25)9-12-3-1-2-4-13(12)14/h1-6,8,14H,7,9-10H2,(H,22,23). The Bertz CT molecular complexity index is 925. The van der Waals surface area contributed by atoms with Gasteiger partial charge in [0.2, 0.25) is 5.91 Å². The molecule has 1 aliphatic rings. The predicted molar refractivity (Wildman–Crippen MR) is 87.8 cm³/mol. The second-order valence-electron chi connectivity index (χ2n) is 6.10. The molecule has 138 valence electrons. The summed E-state index contributed by atoms with van der Waals surface area (Å²) in [6.07, 6.45) is -3.74. The summed E-state index contributed by atoms with van der Waals surface area (Å²) in [7, 11) is -3.34. The molecule has 26 heavy (non-hydrogen) atoms. The Hall–Kier alpha value is -2.42. The van der Waals surface area contributed by atoms with Crippen molar-refractivity contribution in [1.82, 2.24) is 10.3 Å². The highest BCUT2D eigenvalue weighted by Crippen LogP contribution is 2.29. The number of alkyl halides is 3. The molecule has 1 N–H and O–H groups in total. The minimum absolute atomic E-state index is 0.0711. The van der Waals surface area contributed by atoms with E-state index in [4.69, 9.17) is 0 Å². The number of hydrogen-bond acceptors (Lipinski definition) is 4. The van der Waals surface area contributed by atoms with Crippen LogP contribution in [0, 0.1) is 0 Å². The highest BCUT2D eigenvalue weighted by atomic mass is 32.2. The molecule has 1 unspecified atom stereocenters. The molecule has 0 radical (unpaired) electrons. The smallest absolute Gasteiger partial charge is 0.348 e. The van der Waals surface area contributed by atoms with Crippen molar-refractivity contribution in [3.63, 3.8) is 0 Å². The third-order valence-corrected chi connectivity index (χ3v) is 5.63. The maximum atomic E-state index is 12.5. The molecule has 0 saturated carbocycles. The van der Waals surface area contributed by atoms with E-state index in [9.17, 15) is 26.4 Å². The highest BCUT2D eigenvalue weighted by molar-refractivity contribution is 7.90. The average Bonchev–Trinajstić information content (AvgIpc) is 2.53. The van der Waals surface area contributed by atoms with Crippen LogP contribution in [0.15, 0.2) is 42.6 Å².